The molecule has 2 aliphatic heterocycles. The fourth-order valence-electron chi connectivity index (χ4n) is 4.21. The number of fused-ring (bicyclic) bond motifs is 2. The second-order valence-corrected chi connectivity index (χ2v) is 9.62. The summed E-state index contributed by atoms with van der Waals surface area (Å²) in [7, 11) is 0. The average Bonchev–Trinajstić information content (AvgIpc) is 3.04. The van der Waals surface area contributed by atoms with Crippen molar-refractivity contribution in [2.24, 2.45) is 0 Å². The fourth-order valence-corrected chi connectivity index (χ4v) is 4.21. The molecule has 2 aromatic carbocycles. The zero-order chi connectivity index (χ0) is 30.3. The lowest BCUT2D eigenvalue weighted by Crippen LogP contribution is -2.16. The van der Waals surface area contributed by atoms with Crippen molar-refractivity contribution in [3.63, 3.8) is 0 Å². The van der Waals surface area contributed by atoms with Gasteiger partial charge in [-0.25, -0.2) is 0 Å². The van der Waals surface area contributed by atoms with Crippen LogP contribution >= 0.6 is 0 Å². The molecule has 2 heterocycles. The zero-order valence-corrected chi connectivity index (χ0v) is 25.5. The van der Waals surface area contributed by atoms with E-state index >= 15 is 0 Å². The molecule has 0 amide bonds. The molecule has 0 atom stereocenters. The molecule has 0 fully saturated rings. The summed E-state index contributed by atoms with van der Waals surface area (Å²) in [5, 5.41) is 0. The lowest BCUT2D eigenvalue weighted by Gasteiger charge is -2.17. The molecule has 44 heavy (non-hydrogen) atoms. The third kappa shape index (κ3) is 13.5. The Balaban J connectivity index is 1.43. The van der Waals surface area contributed by atoms with Crippen LogP contribution in [0, 0.1) is 0 Å². The van der Waals surface area contributed by atoms with Crippen LogP contribution in [0.4, 0.5) is 0 Å². The second-order valence-electron chi connectivity index (χ2n) is 9.62. The summed E-state index contributed by atoms with van der Waals surface area (Å²) in [6.45, 7) is 9.20. The minimum Gasteiger partial charge on any atom is -0.487 e. The summed E-state index contributed by atoms with van der Waals surface area (Å²) in [5.74, 6) is 2.47. The van der Waals surface area contributed by atoms with E-state index < -0.39 is 0 Å². The van der Waals surface area contributed by atoms with Crippen LogP contribution in [-0.4, -0.2) is 132 Å². The van der Waals surface area contributed by atoms with Gasteiger partial charge >= 0.3 is 0 Å². The number of benzene rings is 2. The van der Waals surface area contributed by atoms with Crippen LogP contribution in [0.5, 0.6) is 23.0 Å². The number of ether oxygens (including phenoxy) is 12. The molecule has 2 aromatic rings. The molecule has 0 unspecified atom stereocenters. The molecule has 4 rings (SSSR count). The first-order chi connectivity index (χ1) is 21.9. The average molecular weight is 623 g/mol. The van der Waals surface area contributed by atoms with Gasteiger partial charge in [0, 0.05) is 0 Å². The molecular weight excluding hydrogens is 576 g/mol. The maximum absolute atomic E-state index is 6.10. The highest BCUT2D eigenvalue weighted by Gasteiger charge is 2.13. The van der Waals surface area contributed by atoms with Crippen molar-refractivity contribution in [3.8, 4) is 34.1 Å². The quantitative estimate of drug-likeness (QED) is 0.466. The lowest BCUT2D eigenvalue weighted by atomic mass is 10.0. The van der Waals surface area contributed by atoms with Gasteiger partial charge in [-0.3, -0.25) is 0 Å². The lowest BCUT2D eigenvalue weighted by molar-refractivity contribution is -0.00842. The Morgan fingerprint density at radius 2 is 0.477 bits per heavy atom. The molecule has 0 spiro atoms. The fraction of sp³-hybridized carbons (Fsp3) is 0.625. The second kappa shape index (κ2) is 21.9. The highest BCUT2D eigenvalue weighted by atomic mass is 16.6. The Labute approximate surface area is 259 Å². The monoisotopic (exact) mass is 622 g/mol. The van der Waals surface area contributed by atoms with E-state index in [1.165, 1.54) is 0 Å². The van der Waals surface area contributed by atoms with Crippen LogP contribution in [0.25, 0.3) is 11.1 Å². The summed E-state index contributed by atoms with van der Waals surface area (Å²) < 4.78 is 68.8. The molecule has 0 saturated carbocycles. The molecule has 0 bridgehead atoms. The van der Waals surface area contributed by atoms with Gasteiger partial charge in [0.25, 0.3) is 0 Å². The Morgan fingerprint density at radius 1 is 0.250 bits per heavy atom. The van der Waals surface area contributed by atoms with Crippen molar-refractivity contribution in [2.45, 2.75) is 0 Å². The number of hydrogen-bond donors (Lipinski definition) is 0. The summed E-state index contributed by atoms with van der Waals surface area (Å²) in [6, 6.07) is 11.7. The largest absolute Gasteiger partial charge is 0.487 e. The van der Waals surface area contributed by atoms with Crippen molar-refractivity contribution >= 4 is 0 Å². The van der Waals surface area contributed by atoms with Gasteiger partial charge in [-0.1, -0.05) is 12.1 Å². The van der Waals surface area contributed by atoms with Crippen molar-refractivity contribution in [1.29, 1.82) is 0 Å². The molecule has 12 nitrogen and oxygen atoms in total. The molecule has 0 radical (unpaired) electrons. The van der Waals surface area contributed by atoms with Gasteiger partial charge in [0.15, 0.2) is 23.0 Å². The Kier molecular flexibility index (Phi) is 17.0. The normalized spacial score (nSPS) is 20.3. The highest BCUT2D eigenvalue weighted by molar-refractivity contribution is 5.70. The van der Waals surface area contributed by atoms with Gasteiger partial charge in [0.1, 0.15) is 26.4 Å². The predicted octanol–water partition coefficient (Wildman–Crippen LogP) is 3.03. The third-order valence-corrected chi connectivity index (χ3v) is 6.39. The minimum absolute atomic E-state index is 0.361. The van der Waals surface area contributed by atoms with Crippen molar-refractivity contribution in [3.05, 3.63) is 36.4 Å². The number of rotatable bonds is 1. The highest BCUT2D eigenvalue weighted by Crippen LogP contribution is 2.37. The van der Waals surface area contributed by atoms with E-state index in [0.29, 0.717) is 155 Å². The maximum atomic E-state index is 6.10. The summed E-state index contributed by atoms with van der Waals surface area (Å²) in [5.41, 5.74) is 1.86. The summed E-state index contributed by atoms with van der Waals surface area (Å²) >= 11 is 0. The molecule has 246 valence electrons. The van der Waals surface area contributed by atoms with Crippen LogP contribution in [0.2, 0.25) is 0 Å². The van der Waals surface area contributed by atoms with Crippen molar-refractivity contribution in [2.75, 3.05) is 132 Å². The molecule has 0 aliphatic carbocycles. The van der Waals surface area contributed by atoms with Crippen LogP contribution < -0.4 is 18.9 Å². The van der Waals surface area contributed by atoms with E-state index in [-0.39, 0.29) is 0 Å². The van der Waals surface area contributed by atoms with Crippen LogP contribution in [0.3, 0.4) is 0 Å². The smallest absolute Gasteiger partial charge is 0.161 e. The standard InChI is InChI=1S/C32H46O12/c1-3-29-31(43-23-19-39-15-11-35-7-5-33-9-13-37-17-21-41-29)25-27(1)28-2-4-30-32(26-28)44-24-20-40-16-12-36-8-6-34-10-14-38-18-22-42-30/h1-4,25-26H,5-24H2. The first kappa shape index (κ1) is 34.2. The third-order valence-electron chi connectivity index (χ3n) is 6.39. The van der Waals surface area contributed by atoms with Gasteiger partial charge in [-0.15, -0.1) is 0 Å². The van der Waals surface area contributed by atoms with Gasteiger partial charge < -0.3 is 56.8 Å². The first-order valence-corrected chi connectivity index (χ1v) is 15.3. The predicted molar refractivity (Wildman–Crippen MR) is 160 cm³/mol. The maximum Gasteiger partial charge on any atom is 0.161 e. The van der Waals surface area contributed by atoms with Crippen LogP contribution in [0.15, 0.2) is 36.4 Å². The summed E-state index contributed by atoms with van der Waals surface area (Å²) in [4.78, 5) is 0. The van der Waals surface area contributed by atoms with Gasteiger partial charge in [0.05, 0.1) is 106 Å². The van der Waals surface area contributed by atoms with E-state index in [9.17, 15) is 0 Å². The van der Waals surface area contributed by atoms with Crippen LogP contribution in [0.1, 0.15) is 0 Å². The SMILES string of the molecule is c1cc2c(cc1-c1ccc3c(c1)OCCOCCOCCOCCOCCO3)OCCOCCOCCOCCOCCO2. The van der Waals surface area contributed by atoms with E-state index in [4.69, 9.17) is 56.8 Å². The zero-order valence-electron chi connectivity index (χ0n) is 25.5. The van der Waals surface area contributed by atoms with Gasteiger partial charge in [-0.05, 0) is 35.4 Å². The van der Waals surface area contributed by atoms with Gasteiger partial charge in [0.2, 0.25) is 0 Å². The van der Waals surface area contributed by atoms with E-state index in [1.54, 1.807) is 0 Å². The molecule has 12 heteroatoms. The van der Waals surface area contributed by atoms with Crippen molar-refractivity contribution < 1.29 is 56.8 Å². The van der Waals surface area contributed by atoms with E-state index in [0.717, 1.165) is 11.1 Å². The Hall–Kier alpha value is -2.68. The first-order valence-electron chi connectivity index (χ1n) is 15.3. The number of hydrogen-bond acceptors (Lipinski definition) is 12. The van der Waals surface area contributed by atoms with E-state index in [2.05, 4.69) is 0 Å². The van der Waals surface area contributed by atoms with Gasteiger partial charge in [-0.2, -0.15) is 0 Å². The molecule has 0 saturated heterocycles. The topological polar surface area (TPSA) is 111 Å². The Bertz CT molecular complexity index is 955. The summed E-state index contributed by atoms with van der Waals surface area (Å²) in [6.07, 6.45) is 0. The van der Waals surface area contributed by atoms with E-state index in [1.807, 2.05) is 36.4 Å². The molecule has 0 N–H and O–H groups in total. The molecule has 0 aromatic heterocycles. The molecule has 2 aliphatic rings. The molecular formula is C32H46O12. The Morgan fingerprint density at radius 3 is 0.750 bits per heavy atom. The van der Waals surface area contributed by atoms with Crippen molar-refractivity contribution in [1.82, 2.24) is 0 Å². The minimum atomic E-state index is 0.361. The van der Waals surface area contributed by atoms with Crippen LogP contribution in [-0.2, 0) is 37.9 Å².